The molecule has 0 bridgehead atoms. The quantitative estimate of drug-likeness (QED) is 0.620. The van der Waals surface area contributed by atoms with Gasteiger partial charge >= 0.3 is 12.8 Å². The van der Waals surface area contributed by atoms with Crippen LogP contribution in [0, 0.1) is 11.8 Å². The highest BCUT2D eigenvalue weighted by molar-refractivity contribution is 5.64. The van der Waals surface area contributed by atoms with Crippen LogP contribution in [0.5, 0.6) is 5.75 Å². The average Bonchev–Trinajstić information content (AvgIpc) is 3.04. The molecule has 0 aromatic carbocycles. The van der Waals surface area contributed by atoms with E-state index in [1.54, 1.807) is 0 Å². The second kappa shape index (κ2) is 7.92. The van der Waals surface area contributed by atoms with E-state index in [-0.39, 0.29) is 29.6 Å². The molecule has 0 aliphatic heterocycles. The van der Waals surface area contributed by atoms with Crippen LogP contribution in [0.2, 0.25) is 0 Å². The molecule has 0 spiro atoms. The fraction of sp³-hybridized carbons (Fsp3) is 0.600. The Bertz CT molecular complexity index is 933. The van der Waals surface area contributed by atoms with Crippen LogP contribution in [0.25, 0.3) is 11.3 Å². The number of nitrogens with two attached hydrogens (primary N) is 1. The molecule has 0 radical (unpaired) electrons. The summed E-state index contributed by atoms with van der Waals surface area (Å²) in [4.78, 5) is 3.93. The monoisotopic (exact) mass is 445 g/mol. The molecule has 11 heteroatoms. The first-order chi connectivity index (χ1) is 14.5. The molecule has 0 saturated heterocycles. The molecule has 3 N–H and O–H groups in total. The minimum Gasteiger partial charge on any atom is -0.431 e. The van der Waals surface area contributed by atoms with Crippen molar-refractivity contribution < 1.29 is 26.7 Å². The van der Waals surface area contributed by atoms with E-state index in [2.05, 4.69) is 20.1 Å². The number of pyridine rings is 1. The van der Waals surface area contributed by atoms with Crippen molar-refractivity contribution in [1.82, 2.24) is 20.1 Å². The van der Waals surface area contributed by atoms with Gasteiger partial charge in [-0.3, -0.25) is 4.68 Å². The third kappa shape index (κ3) is 4.60. The van der Waals surface area contributed by atoms with Gasteiger partial charge in [-0.25, -0.2) is 4.98 Å². The number of nitrogens with one attached hydrogen (secondary N) is 1. The lowest BCUT2D eigenvalue weighted by atomic mass is 10.0. The zero-order chi connectivity index (χ0) is 22.5. The van der Waals surface area contributed by atoms with Crippen molar-refractivity contribution in [2.45, 2.75) is 57.5 Å². The maximum absolute atomic E-state index is 12.6. The van der Waals surface area contributed by atoms with E-state index in [9.17, 15) is 22.0 Å². The van der Waals surface area contributed by atoms with E-state index in [1.165, 1.54) is 12.3 Å². The molecule has 31 heavy (non-hydrogen) atoms. The topological polar surface area (TPSA) is 78.0 Å². The Balaban J connectivity index is 1.52. The Morgan fingerprint density at radius 3 is 2.48 bits per heavy atom. The fourth-order valence-corrected chi connectivity index (χ4v) is 4.70. The average molecular weight is 445 g/mol. The first kappa shape index (κ1) is 21.8. The first-order valence-electron chi connectivity index (χ1n) is 10.1. The summed E-state index contributed by atoms with van der Waals surface area (Å²) >= 11 is 0. The van der Waals surface area contributed by atoms with Gasteiger partial charge in [-0.15, -0.1) is 0 Å². The second-order valence-corrected chi connectivity index (χ2v) is 8.50. The molecule has 2 unspecified atom stereocenters. The summed E-state index contributed by atoms with van der Waals surface area (Å²) in [5.41, 5.74) is 7.68. The molecule has 2 heterocycles. The van der Waals surface area contributed by atoms with E-state index < -0.39 is 19.3 Å². The second-order valence-electron chi connectivity index (χ2n) is 8.50. The van der Waals surface area contributed by atoms with Gasteiger partial charge in [-0.05, 0) is 50.7 Å². The molecule has 2 aliphatic rings. The van der Waals surface area contributed by atoms with Crippen LogP contribution >= 0.6 is 0 Å². The van der Waals surface area contributed by atoms with Crippen LogP contribution in [-0.2, 0) is 0 Å². The lowest BCUT2D eigenvalue weighted by molar-refractivity contribution is -0.126. The maximum atomic E-state index is 12.6. The lowest BCUT2D eigenvalue weighted by Gasteiger charge is -2.18. The normalized spacial score (nSPS) is 25.3. The Morgan fingerprint density at radius 2 is 1.90 bits per heavy atom. The lowest BCUT2D eigenvalue weighted by Crippen LogP contribution is -2.36. The summed E-state index contributed by atoms with van der Waals surface area (Å²) in [5.74, 6) is 0.507. The molecular weight excluding hydrogens is 421 g/mol. The van der Waals surface area contributed by atoms with Gasteiger partial charge in [0.25, 0.3) is 0 Å². The number of fused-ring (bicyclic) bond motifs is 1. The number of anilines is 1. The van der Waals surface area contributed by atoms with Gasteiger partial charge < -0.3 is 15.8 Å². The molecule has 2 aliphatic carbocycles. The van der Waals surface area contributed by atoms with Crippen molar-refractivity contribution in [2.24, 2.45) is 11.8 Å². The third-order valence-electron chi connectivity index (χ3n) is 6.03. The zero-order valence-corrected chi connectivity index (χ0v) is 17.0. The zero-order valence-electron chi connectivity index (χ0n) is 17.0. The number of nitrogens with zero attached hydrogens (tertiary/aromatic N) is 3. The summed E-state index contributed by atoms with van der Waals surface area (Å²) in [7, 11) is 0. The van der Waals surface area contributed by atoms with Crippen LogP contribution in [-0.4, -0.2) is 40.1 Å². The number of rotatable bonds is 7. The van der Waals surface area contributed by atoms with Gasteiger partial charge in [0.05, 0.1) is 12.2 Å². The minimum absolute atomic E-state index is 0.0581. The molecule has 2 aromatic rings. The number of nitrogen functional groups attached to an aromatic ring is 1. The minimum atomic E-state index is -4.21. The van der Waals surface area contributed by atoms with Crippen LogP contribution in [0.4, 0.5) is 27.8 Å². The molecule has 2 saturated carbocycles. The Labute approximate surface area is 176 Å². The number of ether oxygens (including phenoxy) is 1. The predicted molar refractivity (Wildman–Crippen MR) is 104 cm³/mol. The van der Waals surface area contributed by atoms with Crippen molar-refractivity contribution in [2.75, 3.05) is 12.3 Å². The highest BCUT2D eigenvalue weighted by Gasteiger charge is 2.58. The van der Waals surface area contributed by atoms with Crippen molar-refractivity contribution in [3.63, 3.8) is 0 Å². The van der Waals surface area contributed by atoms with E-state index in [4.69, 9.17) is 5.73 Å². The molecule has 170 valence electrons. The summed E-state index contributed by atoms with van der Waals surface area (Å²) in [6.45, 7) is -0.0201. The van der Waals surface area contributed by atoms with E-state index in [0.29, 0.717) is 35.9 Å². The Morgan fingerprint density at radius 1 is 1.23 bits per heavy atom. The summed E-state index contributed by atoms with van der Waals surface area (Å²) in [6, 6.07) is 3.22. The Kier molecular flexibility index (Phi) is 5.57. The number of aromatic nitrogens is 3. The molecule has 6 nitrogen and oxygen atoms in total. The van der Waals surface area contributed by atoms with E-state index >= 15 is 0 Å². The number of hydrogen-bond donors (Lipinski definition) is 2. The Hall–Kier alpha value is -2.43. The van der Waals surface area contributed by atoms with Crippen molar-refractivity contribution in [3.8, 4) is 17.0 Å². The highest BCUT2D eigenvalue weighted by Crippen LogP contribution is 2.63. The third-order valence-corrected chi connectivity index (χ3v) is 6.03. The molecular formula is C20H24F5N5O. The smallest absolute Gasteiger partial charge is 0.401 e. The van der Waals surface area contributed by atoms with Crippen molar-refractivity contribution in [3.05, 3.63) is 24.0 Å². The predicted octanol–water partition coefficient (Wildman–Crippen LogP) is 4.35. The van der Waals surface area contributed by atoms with Gasteiger partial charge in [0.15, 0.2) is 11.6 Å². The SMILES string of the molecule is CC(C)n1nc(-c2cnc(N)c(OC(F)F)c2)cc1C1[C@H]2CC(NCC(F)(F)F)C[C@@H]12. The summed E-state index contributed by atoms with van der Waals surface area (Å²) < 4.78 is 68.9. The molecule has 4 rings (SSSR count). The molecule has 0 amide bonds. The van der Waals surface area contributed by atoms with Crippen LogP contribution < -0.4 is 15.8 Å². The first-order valence-corrected chi connectivity index (χ1v) is 10.1. The van der Waals surface area contributed by atoms with Crippen LogP contribution in [0.3, 0.4) is 0 Å². The van der Waals surface area contributed by atoms with E-state index in [0.717, 1.165) is 5.69 Å². The van der Waals surface area contributed by atoms with Crippen molar-refractivity contribution >= 4 is 5.82 Å². The standard InChI is InChI=1S/C20H24F5N5O/c1-9(2)30-15(17-12-4-11(5-13(12)17)28-8-20(23,24)25)6-14(29-30)10-3-16(31-19(21)22)18(26)27-7-10/h3,6-7,9,11-13,17,19,28H,4-5,8H2,1-2H3,(H2,26,27)/t11?,12-,13+,17?. The van der Waals surface area contributed by atoms with Gasteiger partial charge in [-0.1, -0.05) is 0 Å². The van der Waals surface area contributed by atoms with Gasteiger partial charge in [0.2, 0.25) is 0 Å². The number of alkyl halides is 5. The van der Waals surface area contributed by atoms with Gasteiger partial charge in [-0.2, -0.15) is 27.1 Å². The van der Waals surface area contributed by atoms with Crippen LogP contribution in [0.1, 0.15) is 44.3 Å². The number of halogens is 5. The maximum Gasteiger partial charge on any atom is 0.401 e. The van der Waals surface area contributed by atoms with Gasteiger partial charge in [0, 0.05) is 35.5 Å². The molecule has 2 aromatic heterocycles. The van der Waals surface area contributed by atoms with Gasteiger partial charge in [0.1, 0.15) is 0 Å². The number of hydrogen-bond acceptors (Lipinski definition) is 5. The molecule has 4 atom stereocenters. The largest absolute Gasteiger partial charge is 0.431 e. The van der Waals surface area contributed by atoms with Crippen molar-refractivity contribution in [1.29, 1.82) is 0 Å². The highest BCUT2D eigenvalue weighted by atomic mass is 19.4. The molecule has 2 fully saturated rings. The fourth-order valence-electron chi connectivity index (χ4n) is 4.70. The van der Waals surface area contributed by atoms with E-state index in [1.807, 2.05) is 24.6 Å². The van der Waals surface area contributed by atoms with Crippen LogP contribution in [0.15, 0.2) is 18.3 Å². The summed E-state index contributed by atoms with van der Waals surface area (Å²) in [6.07, 6.45) is -1.37. The summed E-state index contributed by atoms with van der Waals surface area (Å²) in [5, 5.41) is 7.24.